The molecule has 2 aromatic carbocycles. The fourth-order valence-electron chi connectivity index (χ4n) is 3.90. The molecule has 182 valence electrons. The number of allylic oxidation sites excluding steroid dienone is 1. The molecule has 35 heavy (non-hydrogen) atoms. The number of aliphatic imine (C=N–C) groups is 1. The number of nitrogens with zero attached hydrogens (tertiary/aromatic N) is 2. The second kappa shape index (κ2) is 10.7. The van der Waals surface area contributed by atoms with Gasteiger partial charge in [0, 0.05) is 17.3 Å². The number of hydrogen-bond acceptors (Lipinski definition) is 6. The van der Waals surface area contributed by atoms with Gasteiger partial charge in [0.1, 0.15) is 5.82 Å². The number of fused-ring (bicyclic) bond motifs is 1. The quantitative estimate of drug-likeness (QED) is 0.480. The van der Waals surface area contributed by atoms with Crippen LogP contribution in [0, 0.1) is 5.82 Å². The van der Waals surface area contributed by atoms with Crippen LogP contribution in [0.2, 0.25) is 5.02 Å². The van der Waals surface area contributed by atoms with Crippen molar-refractivity contribution < 1.29 is 18.7 Å². The van der Waals surface area contributed by atoms with Gasteiger partial charge in [-0.1, -0.05) is 47.6 Å². The molecule has 2 aliphatic heterocycles. The molecule has 0 saturated carbocycles. The summed E-state index contributed by atoms with van der Waals surface area (Å²) in [7, 11) is 0. The van der Waals surface area contributed by atoms with Gasteiger partial charge in [0.2, 0.25) is 5.91 Å². The first-order chi connectivity index (χ1) is 16.7. The van der Waals surface area contributed by atoms with E-state index in [9.17, 15) is 14.0 Å². The average Bonchev–Trinajstić information content (AvgIpc) is 3.19. The molecular weight excluding hydrogens is 489 g/mol. The van der Waals surface area contributed by atoms with E-state index < -0.39 is 12.0 Å². The van der Waals surface area contributed by atoms with E-state index in [1.165, 1.54) is 23.9 Å². The topological polar surface area (TPSA) is 71.0 Å². The van der Waals surface area contributed by atoms with Gasteiger partial charge in [-0.15, -0.1) is 0 Å². The first kappa shape index (κ1) is 25.0. The highest BCUT2D eigenvalue weighted by atomic mass is 35.5. The van der Waals surface area contributed by atoms with Crippen LogP contribution in [-0.2, 0) is 20.9 Å². The highest BCUT2D eigenvalue weighted by molar-refractivity contribution is 8.16. The fourth-order valence-corrected chi connectivity index (χ4v) is 4.99. The van der Waals surface area contributed by atoms with Crippen molar-refractivity contribution in [2.75, 3.05) is 0 Å². The maximum absolute atomic E-state index is 13.1. The van der Waals surface area contributed by atoms with E-state index in [0.717, 1.165) is 11.1 Å². The van der Waals surface area contributed by atoms with Crippen molar-refractivity contribution in [1.82, 2.24) is 10.2 Å². The van der Waals surface area contributed by atoms with Crippen molar-refractivity contribution >= 4 is 40.4 Å². The lowest BCUT2D eigenvalue weighted by molar-refractivity contribution is -0.143. The Morgan fingerprint density at radius 2 is 1.86 bits per heavy atom. The summed E-state index contributed by atoms with van der Waals surface area (Å²) in [6.45, 7) is 5.67. The summed E-state index contributed by atoms with van der Waals surface area (Å²) in [5.74, 6) is -0.972. The lowest BCUT2D eigenvalue weighted by atomic mass is 9.94. The molecule has 0 saturated heterocycles. The van der Waals surface area contributed by atoms with Gasteiger partial charge in [0.05, 0.1) is 29.8 Å². The second-order valence-corrected chi connectivity index (χ2v) is 9.75. The zero-order valence-electron chi connectivity index (χ0n) is 19.5. The van der Waals surface area contributed by atoms with Crippen molar-refractivity contribution in [1.29, 1.82) is 0 Å². The standard InChI is InChI=1S/C26H25ClFN3O3S/c1-15(2)34-25(33)23-16(3)30-26-31(24(23)18-6-8-19(27)9-7-18)21(14-35-26)12-22(32)29-13-17-4-10-20(28)11-5-17/h4-11,14-15,24H,12-13H2,1-3H3,(H,29,32). The van der Waals surface area contributed by atoms with Crippen LogP contribution in [0.4, 0.5) is 4.39 Å². The predicted octanol–water partition coefficient (Wildman–Crippen LogP) is 5.71. The van der Waals surface area contributed by atoms with Crippen LogP contribution in [0.3, 0.4) is 0 Å². The van der Waals surface area contributed by atoms with Gasteiger partial charge in [-0.25, -0.2) is 14.2 Å². The Balaban J connectivity index is 1.59. The van der Waals surface area contributed by atoms with Gasteiger partial charge in [0.15, 0.2) is 5.17 Å². The van der Waals surface area contributed by atoms with E-state index in [4.69, 9.17) is 16.3 Å². The Morgan fingerprint density at radius 3 is 2.51 bits per heavy atom. The number of hydrogen-bond donors (Lipinski definition) is 1. The molecule has 4 rings (SSSR count). The molecule has 2 aliphatic rings. The number of esters is 1. The minimum absolute atomic E-state index is 0.0862. The van der Waals surface area contributed by atoms with Crippen molar-refractivity contribution in [2.45, 2.75) is 45.9 Å². The first-order valence-electron chi connectivity index (χ1n) is 11.1. The number of thioether (sulfide) groups is 1. The maximum atomic E-state index is 13.1. The molecule has 0 spiro atoms. The molecule has 2 heterocycles. The van der Waals surface area contributed by atoms with Gasteiger partial charge in [0.25, 0.3) is 0 Å². The third-order valence-corrected chi connectivity index (χ3v) is 6.63. The van der Waals surface area contributed by atoms with Crippen LogP contribution in [0.5, 0.6) is 0 Å². The Kier molecular flexibility index (Phi) is 7.62. The number of benzene rings is 2. The van der Waals surface area contributed by atoms with Crippen LogP contribution >= 0.6 is 23.4 Å². The Bertz CT molecular complexity index is 1220. The molecule has 0 bridgehead atoms. The van der Waals surface area contributed by atoms with Crippen molar-refractivity contribution in [3.8, 4) is 0 Å². The zero-order valence-corrected chi connectivity index (χ0v) is 21.1. The van der Waals surface area contributed by atoms with Crippen molar-refractivity contribution in [2.24, 2.45) is 4.99 Å². The molecule has 1 amide bonds. The summed E-state index contributed by atoms with van der Waals surface area (Å²) in [4.78, 5) is 32.5. The number of nitrogens with one attached hydrogen (secondary N) is 1. The molecule has 1 N–H and O–H groups in total. The van der Waals surface area contributed by atoms with Crippen LogP contribution in [0.1, 0.15) is 44.4 Å². The average molecular weight is 514 g/mol. The second-order valence-electron chi connectivity index (χ2n) is 8.48. The van der Waals surface area contributed by atoms with Crippen LogP contribution in [0.25, 0.3) is 0 Å². The molecule has 0 fully saturated rings. The highest BCUT2D eigenvalue weighted by Gasteiger charge is 2.41. The minimum Gasteiger partial charge on any atom is -0.459 e. The van der Waals surface area contributed by atoms with Gasteiger partial charge >= 0.3 is 5.97 Å². The molecule has 2 aromatic rings. The minimum atomic E-state index is -0.517. The first-order valence-corrected chi connectivity index (χ1v) is 12.4. The Hall–Kier alpha value is -3.10. The van der Waals surface area contributed by atoms with E-state index in [1.54, 1.807) is 45.0 Å². The smallest absolute Gasteiger partial charge is 0.338 e. The maximum Gasteiger partial charge on any atom is 0.338 e. The lowest BCUT2D eigenvalue weighted by Crippen LogP contribution is -2.38. The van der Waals surface area contributed by atoms with Gasteiger partial charge in [-0.05, 0) is 61.6 Å². The molecule has 0 aromatic heterocycles. The highest BCUT2D eigenvalue weighted by Crippen LogP contribution is 2.45. The number of ether oxygens (including phenoxy) is 1. The fraction of sp³-hybridized carbons (Fsp3) is 0.269. The van der Waals surface area contributed by atoms with Crippen LogP contribution in [-0.4, -0.2) is 28.0 Å². The zero-order chi connectivity index (χ0) is 25.1. The molecule has 0 aliphatic carbocycles. The number of amidine groups is 1. The SMILES string of the molecule is CC1=C(C(=O)OC(C)C)C(c2ccc(Cl)cc2)N2C(CC(=O)NCc3ccc(F)cc3)=CSC2=N1. The van der Waals surface area contributed by atoms with Crippen molar-refractivity contribution in [3.63, 3.8) is 0 Å². The van der Waals surface area contributed by atoms with Gasteiger partial charge < -0.3 is 15.0 Å². The van der Waals surface area contributed by atoms with Crippen LogP contribution in [0.15, 0.2) is 75.9 Å². The molecule has 6 nitrogen and oxygen atoms in total. The molecule has 0 radical (unpaired) electrons. The number of carbonyl (C=O) groups is 2. The van der Waals surface area contributed by atoms with Gasteiger partial charge in [-0.2, -0.15) is 0 Å². The molecule has 1 unspecified atom stereocenters. The van der Waals surface area contributed by atoms with E-state index >= 15 is 0 Å². The third-order valence-electron chi connectivity index (χ3n) is 5.49. The van der Waals surface area contributed by atoms with Crippen LogP contribution < -0.4 is 5.32 Å². The Morgan fingerprint density at radius 1 is 1.17 bits per heavy atom. The van der Waals surface area contributed by atoms with E-state index in [2.05, 4.69) is 10.3 Å². The van der Waals surface area contributed by atoms with E-state index in [-0.39, 0.29) is 30.8 Å². The summed E-state index contributed by atoms with van der Waals surface area (Å²) >= 11 is 7.52. The molecule has 1 atom stereocenters. The molecular formula is C26H25ClFN3O3S. The predicted molar refractivity (Wildman–Crippen MR) is 136 cm³/mol. The molecule has 9 heteroatoms. The summed E-state index contributed by atoms with van der Waals surface area (Å²) in [6.07, 6.45) is -0.206. The normalized spacial score (nSPS) is 17.2. The third kappa shape index (κ3) is 5.77. The van der Waals surface area contributed by atoms with Crippen molar-refractivity contribution in [3.05, 3.63) is 92.9 Å². The number of carbonyl (C=O) groups excluding carboxylic acids is 2. The van der Waals surface area contributed by atoms with E-state index in [1.807, 2.05) is 22.4 Å². The Labute approximate surface area is 212 Å². The van der Waals surface area contributed by atoms with Gasteiger partial charge in [-0.3, -0.25) is 4.79 Å². The lowest BCUT2D eigenvalue weighted by Gasteiger charge is -2.36. The summed E-state index contributed by atoms with van der Waals surface area (Å²) < 4.78 is 18.7. The largest absolute Gasteiger partial charge is 0.459 e. The van der Waals surface area contributed by atoms with E-state index in [0.29, 0.717) is 27.2 Å². The summed E-state index contributed by atoms with van der Waals surface area (Å²) in [6, 6.07) is 12.7. The summed E-state index contributed by atoms with van der Waals surface area (Å²) in [5, 5.41) is 6.02. The number of halogens is 2. The summed E-state index contributed by atoms with van der Waals surface area (Å²) in [5.41, 5.74) is 3.34. The number of amides is 1. The number of rotatable bonds is 7. The monoisotopic (exact) mass is 513 g/mol.